The molecule has 1 aliphatic carbocycles. The molecule has 1 N–H and O–H groups in total. The zero-order valence-electron chi connectivity index (χ0n) is 13.7. The molecule has 2 nitrogen and oxygen atoms in total. The number of nitrogens with one attached hydrogen (secondary N) is 1. The largest absolute Gasteiger partial charge is 0.309 e. The lowest BCUT2D eigenvalue weighted by Crippen LogP contribution is -2.34. The van der Waals surface area contributed by atoms with E-state index in [9.17, 15) is 0 Å². The minimum atomic E-state index is 0.422. The van der Waals surface area contributed by atoms with Crippen LogP contribution in [-0.2, 0) is 0 Å². The number of aryl methyl sites for hydroxylation is 2. The highest BCUT2D eigenvalue weighted by molar-refractivity contribution is 5.26. The van der Waals surface area contributed by atoms with Gasteiger partial charge < -0.3 is 5.32 Å². The van der Waals surface area contributed by atoms with Gasteiger partial charge in [-0.2, -0.15) is 0 Å². The van der Waals surface area contributed by atoms with Gasteiger partial charge in [-0.15, -0.1) is 0 Å². The van der Waals surface area contributed by atoms with Crippen LogP contribution in [0.1, 0.15) is 62.9 Å². The van der Waals surface area contributed by atoms with Crippen molar-refractivity contribution >= 4 is 0 Å². The molecule has 1 fully saturated rings. The van der Waals surface area contributed by atoms with Crippen molar-refractivity contribution in [2.24, 2.45) is 17.8 Å². The summed E-state index contributed by atoms with van der Waals surface area (Å²) in [5, 5.41) is 3.71. The number of rotatable bonds is 4. The van der Waals surface area contributed by atoms with Crippen molar-refractivity contribution in [2.45, 2.75) is 59.9 Å². The summed E-state index contributed by atoms with van der Waals surface area (Å²) in [5.41, 5.74) is 3.86. The highest BCUT2D eigenvalue weighted by Gasteiger charge is 2.31. The molecule has 20 heavy (non-hydrogen) atoms. The van der Waals surface area contributed by atoms with Crippen molar-refractivity contribution < 1.29 is 0 Å². The molecule has 0 spiro atoms. The third kappa shape index (κ3) is 3.60. The Morgan fingerprint density at radius 1 is 1.20 bits per heavy atom. The standard InChI is InChI=1S/C18H30N2/c1-6-19-18(16-9-12(2)7-13(3)10-16)17-15(5)8-14(4)11-20-17/h8,11-13,16,18-19H,6-7,9-10H2,1-5H3. The van der Waals surface area contributed by atoms with E-state index in [0.29, 0.717) is 6.04 Å². The van der Waals surface area contributed by atoms with Gasteiger partial charge in [0.1, 0.15) is 0 Å². The summed E-state index contributed by atoms with van der Waals surface area (Å²) in [6.07, 6.45) is 6.06. The maximum absolute atomic E-state index is 4.76. The molecule has 0 amide bonds. The van der Waals surface area contributed by atoms with Crippen LogP contribution in [0.5, 0.6) is 0 Å². The molecular weight excluding hydrogens is 244 g/mol. The summed E-state index contributed by atoms with van der Waals surface area (Å²) < 4.78 is 0. The first-order chi connectivity index (χ1) is 9.51. The van der Waals surface area contributed by atoms with E-state index in [-0.39, 0.29) is 0 Å². The van der Waals surface area contributed by atoms with E-state index in [1.807, 2.05) is 6.20 Å². The number of hydrogen-bond acceptors (Lipinski definition) is 2. The first kappa shape index (κ1) is 15.5. The van der Waals surface area contributed by atoms with Crippen molar-refractivity contribution in [2.75, 3.05) is 6.54 Å². The Balaban J connectivity index is 2.25. The highest BCUT2D eigenvalue weighted by Crippen LogP contribution is 2.40. The second-order valence-corrected chi connectivity index (χ2v) is 6.93. The van der Waals surface area contributed by atoms with E-state index >= 15 is 0 Å². The van der Waals surface area contributed by atoms with Crippen LogP contribution in [-0.4, -0.2) is 11.5 Å². The van der Waals surface area contributed by atoms with Gasteiger partial charge in [0.2, 0.25) is 0 Å². The van der Waals surface area contributed by atoms with E-state index in [4.69, 9.17) is 4.98 Å². The van der Waals surface area contributed by atoms with Gasteiger partial charge in [-0.25, -0.2) is 0 Å². The molecule has 2 rings (SSSR count). The number of pyridine rings is 1. The quantitative estimate of drug-likeness (QED) is 0.879. The third-order valence-electron chi connectivity index (χ3n) is 4.66. The molecule has 1 heterocycles. The number of nitrogens with zero attached hydrogens (tertiary/aromatic N) is 1. The van der Waals surface area contributed by atoms with Gasteiger partial charge >= 0.3 is 0 Å². The molecule has 1 aromatic rings. The van der Waals surface area contributed by atoms with E-state index in [1.54, 1.807) is 0 Å². The molecule has 0 saturated heterocycles. The second kappa shape index (κ2) is 6.71. The minimum Gasteiger partial charge on any atom is -0.309 e. The fourth-order valence-corrected chi connectivity index (χ4v) is 4.04. The van der Waals surface area contributed by atoms with Gasteiger partial charge in [-0.3, -0.25) is 4.98 Å². The lowest BCUT2D eigenvalue weighted by molar-refractivity contribution is 0.175. The van der Waals surface area contributed by atoms with Gasteiger partial charge in [0.25, 0.3) is 0 Å². The first-order valence-corrected chi connectivity index (χ1v) is 8.17. The Morgan fingerprint density at radius 3 is 2.40 bits per heavy atom. The van der Waals surface area contributed by atoms with Gasteiger partial charge in [0.05, 0.1) is 11.7 Å². The molecule has 0 aromatic carbocycles. The third-order valence-corrected chi connectivity index (χ3v) is 4.66. The highest BCUT2D eigenvalue weighted by atomic mass is 14.9. The van der Waals surface area contributed by atoms with E-state index in [2.05, 4.69) is 46.0 Å². The smallest absolute Gasteiger partial charge is 0.0605 e. The van der Waals surface area contributed by atoms with Crippen molar-refractivity contribution in [3.05, 3.63) is 29.1 Å². The fourth-order valence-electron chi connectivity index (χ4n) is 4.04. The lowest BCUT2D eigenvalue weighted by Gasteiger charge is -2.37. The molecular formula is C18H30N2. The van der Waals surface area contributed by atoms with Gasteiger partial charge in [0.15, 0.2) is 0 Å². The van der Waals surface area contributed by atoms with Crippen LogP contribution in [0.3, 0.4) is 0 Å². The Kier molecular flexibility index (Phi) is 5.20. The van der Waals surface area contributed by atoms with E-state index in [1.165, 1.54) is 36.1 Å². The monoisotopic (exact) mass is 274 g/mol. The van der Waals surface area contributed by atoms with Gasteiger partial charge in [-0.05, 0) is 68.5 Å². The summed E-state index contributed by atoms with van der Waals surface area (Å²) in [5.74, 6) is 2.41. The molecule has 1 saturated carbocycles. The summed E-state index contributed by atoms with van der Waals surface area (Å²) in [4.78, 5) is 4.76. The Bertz CT molecular complexity index is 431. The summed E-state index contributed by atoms with van der Waals surface area (Å²) in [7, 11) is 0. The van der Waals surface area contributed by atoms with E-state index in [0.717, 1.165) is 24.3 Å². The average molecular weight is 274 g/mol. The molecule has 112 valence electrons. The van der Waals surface area contributed by atoms with Crippen molar-refractivity contribution in [1.82, 2.24) is 10.3 Å². The molecule has 1 aromatic heterocycles. The topological polar surface area (TPSA) is 24.9 Å². The van der Waals surface area contributed by atoms with Crippen LogP contribution >= 0.6 is 0 Å². The Labute approximate surface area is 124 Å². The van der Waals surface area contributed by atoms with E-state index < -0.39 is 0 Å². The maximum Gasteiger partial charge on any atom is 0.0605 e. The van der Waals surface area contributed by atoms with Gasteiger partial charge in [-0.1, -0.05) is 26.8 Å². The molecule has 0 bridgehead atoms. The Morgan fingerprint density at radius 2 is 1.85 bits per heavy atom. The van der Waals surface area contributed by atoms with Crippen LogP contribution in [0.15, 0.2) is 12.3 Å². The SMILES string of the molecule is CCNC(c1ncc(C)cc1C)C1CC(C)CC(C)C1. The van der Waals surface area contributed by atoms with Crippen LogP contribution in [0, 0.1) is 31.6 Å². The second-order valence-electron chi connectivity index (χ2n) is 6.93. The molecule has 0 aliphatic heterocycles. The first-order valence-electron chi connectivity index (χ1n) is 8.17. The van der Waals surface area contributed by atoms with Crippen molar-refractivity contribution in [3.63, 3.8) is 0 Å². The summed E-state index contributed by atoms with van der Waals surface area (Å²) in [6, 6.07) is 2.69. The maximum atomic E-state index is 4.76. The predicted molar refractivity (Wildman–Crippen MR) is 85.8 cm³/mol. The summed E-state index contributed by atoms with van der Waals surface area (Å²) >= 11 is 0. The van der Waals surface area contributed by atoms with Crippen LogP contribution in [0.25, 0.3) is 0 Å². The minimum absolute atomic E-state index is 0.422. The normalized spacial score (nSPS) is 28.4. The molecule has 1 aliphatic rings. The van der Waals surface area contributed by atoms with Crippen molar-refractivity contribution in [1.29, 1.82) is 0 Å². The molecule has 3 unspecified atom stereocenters. The lowest BCUT2D eigenvalue weighted by atomic mass is 9.72. The van der Waals surface area contributed by atoms with Crippen molar-refractivity contribution in [3.8, 4) is 0 Å². The fraction of sp³-hybridized carbons (Fsp3) is 0.722. The average Bonchev–Trinajstić information content (AvgIpc) is 2.35. The molecule has 2 heteroatoms. The zero-order chi connectivity index (χ0) is 14.7. The predicted octanol–water partition coefficient (Wildman–Crippen LogP) is 4.42. The van der Waals surface area contributed by atoms with Gasteiger partial charge in [0, 0.05) is 6.20 Å². The Hall–Kier alpha value is -0.890. The number of hydrogen-bond donors (Lipinski definition) is 1. The zero-order valence-corrected chi connectivity index (χ0v) is 13.7. The molecule has 3 atom stereocenters. The van der Waals surface area contributed by atoms with Crippen LogP contribution < -0.4 is 5.32 Å². The molecule has 0 radical (unpaired) electrons. The summed E-state index contributed by atoms with van der Waals surface area (Å²) in [6.45, 7) is 12.3. The van der Waals surface area contributed by atoms with Crippen LogP contribution in [0.4, 0.5) is 0 Å². The number of aromatic nitrogens is 1. The van der Waals surface area contributed by atoms with Crippen LogP contribution in [0.2, 0.25) is 0 Å².